The van der Waals surface area contributed by atoms with E-state index >= 15 is 0 Å². The van der Waals surface area contributed by atoms with Crippen molar-refractivity contribution in [3.63, 3.8) is 0 Å². The first-order chi connectivity index (χ1) is 19.1. The zero-order valence-electron chi connectivity index (χ0n) is 21.9. The van der Waals surface area contributed by atoms with Gasteiger partial charge in [0.05, 0.1) is 13.2 Å². The van der Waals surface area contributed by atoms with Crippen molar-refractivity contribution >= 4 is 24.2 Å². The topological polar surface area (TPSA) is 94.3 Å². The number of carbonyl (C=O) groups is 2. The van der Waals surface area contributed by atoms with Gasteiger partial charge in [-0.25, -0.2) is 14.7 Å². The Labute approximate surface area is 228 Å². The summed E-state index contributed by atoms with van der Waals surface area (Å²) < 4.78 is 22.0. The summed E-state index contributed by atoms with van der Waals surface area (Å²) in [5, 5.41) is 0. The van der Waals surface area contributed by atoms with E-state index in [2.05, 4.69) is 9.88 Å². The van der Waals surface area contributed by atoms with Crippen molar-refractivity contribution in [2.75, 3.05) is 39.4 Å². The number of aryl methyl sites for hydroxylation is 1. The molecular formula is C30H33N3O6. The molecule has 2 aromatic carbocycles. The zero-order chi connectivity index (χ0) is 26.9. The first-order valence-corrected chi connectivity index (χ1v) is 13.4. The summed E-state index contributed by atoms with van der Waals surface area (Å²) in [6.07, 6.45) is 6.16. The van der Waals surface area contributed by atoms with Crippen LogP contribution in [0.25, 0.3) is 12.2 Å². The van der Waals surface area contributed by atoms with Crippen molar-refractivity contribution in [1.29, 1.82) is 0 Å². The van der Waals surface area contributed by atoms with E-state index in [1.54, 1.807) is 6.26 Å². The van der Waals surface area contributed by atoms with Gasteiger partial charge in [0, 0.05) is 32.3 Å². The van der Waals surface area contributed by atoms with E-state index in [9.17, 15) is 9.59 Å². The Morgan fingerprint density at radius 2 is 1.77 bits per heavy atom. The number of rotatable bonds is 12. The molecule has 0 radical (unpaired) electrons. The summed E-state index contributed by atoms with van der Waals surface area (Å²) in [6.45, 7) is 4.31. The Morgan fingerprint density at radius 3 is 2.56 bits per heavy atom. The van der Waals surface area contributed by atoms with E-state index in [-0.39, 0.29) is 5.91 Å². The maximum atomic E-state index is 12.7. The van der Waals surface area contributed by atoms with Crippen LogP contribution in [0.1, 0.15) is 35.6 Å². The van der Waals surface area contributed by atoms with Crippen molar-refractivity contribution in [3.8, 4) is 5.75 Å². The van der Waals surface area contributed by atoms with E-state index in [1.165, 1.54) is 4.90 Å². The highest BCUT2D eigenvalue weighted by molar-refractivity contribution is 6.00. The van der Waals surface area contributed by atoms with E-state index in [0.29, 0.717) is 50.9 Å². The average molecular weight is 532 g/mol. The lowest BCUT2D eigenvalue weighted by Gasteiger charge is -2.27. The van der Waals surface area contributed by atoms with Crippen molar-refractivity contribution in [1.82, 2.24) is 14.8 Å². The number of oxazole rings is 1. The Morgan fingerprint density at radius 1 is 0.974 bits per heavy atom. The number of cyclic esters (lactones) is 1. The minimum absolute atomic E-state index is 0.233. The molecule has 3 heterocycles. The molecule has 0 aliphatic carbocycles. The number of aromatic nitrogens is 1. The van der Waals surface area contributed by atoms with Crippen LogP contribution >= 0.6 is 0 Å². The molecular weight excluding hydrogens is 498 g/mol. The Balaban J connectivity index is 1.02. The second-order valence-electron chi connectivity index (χ2n) is 9.56. The van der Waals surface area contributed by atoms with Crippen LogP contribution in [0.5, 0.6) is 5.75 Å². The summed E-state index contributed by atoms with van der Waals surface area (Å²) in [7, 11) is 0. The van der Waals surface area contributed by atoms with Gasteiger partial charge >= 0.3 is 6.09 Å². The van der Waals surface area contributed by atoms with Crippen LogP contribution in [0.4, 0.5) is 4.79 Å². The van der Waals surface area contributed by atoms with E-state index < -0.39 is 12.2 Å². The van der Waals surface area contributed by atoms with Gasteiger partial charge in [0.15, 0.2) is 6.10 Å². The molecule has 2 fully saturated rings. The molecule has 9 heteroatoms. The van der Waals surface area contributed by atoms with Gasteiger partial charge in [-0.3, -0.25) is 9.69 Å². The van der Waals surface area contributed by atoms with E-state index in [0.717, 1.165) is 42.8 Å². The molecule has 1 aromatic heterocycles. The zero-order valence-corrected chi connectivity index (χ0v) is 21.9. The molecule has 204 valence electrons. The number of carbonyl (C=O) groups excluding carboxylic acids is 2. The van der Waals surface area contributed by atoms with Gasteiger partial charge in [0.2, 0.25) is 5.89 Å². The van der Waals surface area contributed by atoms with Crippen LogP contribution in [-0.4, -0.2) is 72.3 Å². The molecule has 39 heavy (non-hydrogen) atoms. The third-order valence-corrected chi connectivity index (χ3v) is 6.78. The minimum atomic E-state index is -0.695. The molecule has 0 spiro atoms. The number of nitrogens with zero attached hydrogens (tertiary/aromatic N) is 3. The molecule has 1 atom stereocenters. The minimum Gasteiger partial charge on any atom is -0.487 e. The normalized spacial score (nSPS) is 18.2. The number of hydrogen-bond acceptors (Lipinski definition) is 8. The van der Waals surface area contributed by atoms with E-state index in [4.69, 9.17) is 18.6 Å². The first kappa shape index (κ1) is 26.6. The molecule has 3 aromatic rings. The number of hydrogen-bond donors (Lipinski definition) is 0. The van der Waals surface area contributed by atoms with Crippen LogP contribution in [0.2, 0.25) is 0 Å². The monoisotopic (exact) mass is 531 g/mol. The summed E-state index contributed by atoms with van der Waals surface area (Å²) >= 11 is 0. The molecule has 0 N–H and O–H groups in total. The van der Waals surface area contributed by atoms with Gasteiger partial charge in [0.25, 0.3) is 5.91 Å². The standard InChI is InChI=1S/C30H33N3O6/c34-29-27(39-30(35)33(29)16-15-32-17-19-36-20-18-32)8-4-7-24-9-12-26(13-10-24)37-21-25-22-38-28(31-25)14-11-23-5-2-1-3-6-23/h1-3,5-6,9-14,22,27H,4,7-8,15-21H2/b14-11+. The van der Waals surface area contributed by atoms with E-state index in [1.807, 2.05) is 66.7 Å². The molecule has 0 bridgehead atoms. The predicted octanol–water partition coefficient (Wildman–Crippen LogP) is 4.43. The molecule has 9 nitrogen and oxygen atoms in total. The largest absolute Gasteiger partial charge is 0.487 e. The van der Waals surface area contributed by atoms with Gasteiger partial charge in [0.1, 0.15) is 24.3 Å². The summed E-state index contributed by atoms with van der Waals surface area (Å²) in [6, 6.07) is 17.8. The van der Waals surface area contributed by atoms with Crippen LogP contribution in [0, 0.1) is 0 Å². The third kappa shape index (κ3) is 7.55. The summed E-state index contributed by atoms with van der Waals surface area (Å²) in [5.74, 6) is 1.03. The third-order valence-electron chi connectivity index (χ3n) is 6.78. The fourth-order valence-electron chi connectivity index (χ4n) is 4.55. The number of imide groups is 1. The van der Waals surface area contributed by atoms with Gasteiger partial charge in [-0.15, -0.1) is 0 Å². The molecule has 2 saturated heterocycles. The Kier molecular flexibility index (Phi) is 9.03. The fraction of sp³-hybridized carbons (Fsp3) is 0.367. The number of amides is 2. The summed E-state index contributed by atoms with van der Waals surface area (Å²) in [4.78, 5) is 32.7. The first-order valence-electron chi connectivity index (χ1n) is 13.4. The predicted molar refractivity (Wildman–Crippen MR) is 145 cm³/mol. The maximum Gasteiger partial charge on any atom is 0.417 e. The molecule has 0 saturated carbocycles. The number of morpholine rings is 1. The molecule has 2 amide bonds. The van der Waals surface area contributed by atoms with Crippen molar-refractivity contribution in [2.45, 2.75) is 32.0 Å². The lowest BCUT2D eigenvalue weighted by Crippen LogP contribution is -2.43. The quantitative estimate of drug-likeness (QED) is 0.339. The van der Waals surface area contributed by atoms with Gasteiger partial charge in [-0.1, -0.05) is 42.5 Å². The lowest BCUT2D eigenvalue weighted by atomic mass is 10.1. The smallest absolute Gasteiger partial charge is 0.417 e. The van der Waals surface area contributed by atoms with Crippen molar-refractivity contribution < 1.29 is 28.2 Å². The second-order valence-corrected chi connectivity index (χ2v) is 9.56. The van der Waals surface area contributed by atoms with Crippen LogP contribution in [0.15, 0.2) is 65.3 Å². The molecule has 2 aliphatic heterocycles. The summed E-state index contributed by atoms with van der Waals surface area (Å²) in [5.41, 5.74) is 2.91. The second kappa shape index (κ2) is 13.2. The highest BCUT2D eigenvalue weighted by Gasteiger charge is 2.39. The highest BCUT2D eigenvalue weighted by atomic mass is 16.6. The fourth-order valence-corrected chi connectivity index (χ4v) is 4.55. The van der Waals surface area contributed by atoms with Gasteiger partial charge in [-0.2, -0.15) is 0 Å². The van der Waals surface area contributed by atoms with Crippen molar-refractivity contribution in [3.05, 3.63) is 83.6 Å². The number of benzene rings is 2. The Bertz CT molecular complexity index is 1250. The average Bonchev–Trinajstić information content (AvgIpc) is 3.54. The van der Waals surface area contributed by atoms with Crippen LogP contribution in [0.3, 0.4) is 0 Å². The van der Waals surface area contributed by atoms with Crippen LogP contribution in [-0.2, 0) is 27.3 Å². The number of ether oxygens (including phenoxy) is 3. The highest BCUT2D eigenvalue weighted by Crippen LogP contribution is 2.20. The van der Waals surface area contributed by atoms with Gasteiger partial charge < -0.3 is 18.6 Å². The van der Waals surface area contributed by atoms with Gasteiger partial charge in [-0.05, 0) is 48.6 Å². The van der Waals surface area contributed by atoms with Crippen molar-refractivity contribution in [2.24, 2.45) is 0 Å². The lowest BCUT2D eigenvalue weighted by molar-refractivity contribution is -0.130. The van der Waals surface area contributed by atoms with Crippen LogP contribution < -0.4 is 4.74 Å². The molecule has 5 rings (SSSR count). The Hall–Kier alpha value is -3.95. The maximum absolute atomic E-state index is 12.7. The molecule has 1 unspecified atom stereocenters. The SMILES string of the molecule is O=C1OC(CCCc2ccc(OCc3coc(/C=C/c4ccccc4)n3)cc2)C(=O)N1CCN1CCOCC1. The molecule has 2 aliphatic rings.